The molecule has 0 atom stereocenters. The summed E-state index contributed by atoms with van der Waals surface area (Å²) in [6.45, 7) is 5.98. The van der Waals surface area contributed by atoms with Gasteiger partial charge in [0, 0.05) is 29.6 Å². The summed E-state index contributed by atoms with van der Waals surface area (Å²) in [6.07, 6.45) is 4.63. The van der Waals surface area contributed by atoms with Gasteiger partial charge < -0.3 is 10.2 Å². The predicted octanol–water partition coefficient (Wildman–Crippen LogP) is 6.03. The van der Waals surface area contributed by atoms with Crippen molar-refractivity contribution in [2.75, 3.05) is 34.8 Å². The lowest BCUT2D eigenvalue weighted by Gasteiger charge is -2.32. The minimum atomic E-state index is 0.0379. The summed E-state index contributed by atoms with van der Waals surface area (Å²) in [7, 11) is 0. The number of hydrogen-bond acceptors (Lipinski definition) is 7. The zero-order valence-electron chi connectivity index (χ0n) is 18.5. The second-order valence-electron chi connectivity index (χ2n) is 8.46. The number of benzene rings is 1. The molecule has 2 aliphatic rings. The largest absolute Gasteiger partial charge is 0.356 e. The molecule has 0 aliphatic carbocycles. The summed E-state index contributed by atoms with van der Waals surface area (Å²) < 4.78 is 0.484. The molecule has 5 rings (SSSR count). The Balaban J connectivity index is 1.23. The summed E-state index contributed by atoms with van der Waals surface area (Å²) in [5, 5.41) is 4.36. The maximum Gasteiger partial charge on any atom is 0.227 e. The van der Waals surface area contributed by atoms with Crippen molar-refractivity contribution in [1.29, 1.82) is 0 Å². The van der Waals surface area contributed by atoms with Crippen LogP contribution in [0.3, 0.4) is 0 Å². The molecule has 0 bridgehead atoms. The number of thiophene rings is 1. The third kappa shape index (κ3) is 4.50. The molecule has 5 nitrogen and oxygen atoms in total. The molecule has 1 N–H and O–H groups in total. The lowest BCUT2D eigenvalue weighted by atomic mass is 9.95. The molecule has 0 radical (unpaired) electrons. The predicted molar refractivity (Wildman–Crippen MR) is 139 cm³/mol. The van der Waals surface area contributed by atoms with Crippen LogP contribution < -0.4 is 10.2 Å². The van der Waals surface area contributed by atoms with Gasteiger partial charge >= 0.3 is 0 Å². The SMILES string of the molecule is Cc1sc2ncnc(N3CCC(C(=O)Nc4cccc(C5SCCCS5)c4)CC3)c2c1C. The Morgan fingerprint density at radius 2 is 1.91 bits per heavy atom. The van der Waals surface area contributed by atoms with Crippen LogP contribution in [0.4, 0.5) is 11.5 Å². The quantitative estimate of drug-likeness (QED) is 0.488. The summed E-state index contributed by atoms with van der Waals surface area (Å²) in [5.74, 6) is 3.63. The first-order valence-electron chi connectivity index (χ1n) is 11.2. The van der Waals surface area contributed by atoms with E-state index in [4.69, 9.17) is 0 Å². The van der Waals surface area contributed by atoms with Crippen LogP contribution in [0.25, 0.3) is 10.2 Å². The molecule has 0 spiro atoms. The number of aromatic nitrogens is 2. The number of rotatable bonds is 4. The van der Waals surface area contributed by atoms with Crippen LogP contribution in [0.2, 0.25) is 0 Å². The number of nitrogens with one attached hydrogen (secondary N) is 1. The van der Waals surface area contributed by atoms with Gasteiger partial charge in [-0.1, -0.05) is 12.1 Å². The first-order chi connectivity index (χ1) is 15.6. The lowest BCUT2D eigenvalue weighted by Crippen LogP contribution is -2.38. The topological polar surface area (TPSA) is 58.1 Å². The highest BCUT2D eigenvalue weighted by atomic mass is 32.2. The van der Waals surface area contributed by atoms with Crippen molar-refractivity contribution in [3.05, 3.63) is 46.6 Å². The molecular weight excluding hydrogens is 456 g/mol. The Morgan fingerprint density at radius 3 is 2.69 bits per heavy atom. The van der Waals surface area contributed by atoms with Crippen molar-refractivity contribution >= 4 is 62.5 Å². The number of aryl methyl sites for hydroxylation is 2. The molecule has 2 fully saturated rings. The Morgan fingerprint density at radius 1 is 1.12 bits per heavy atom. The summed E-state index contributed by atoms with van der Waals surface area (Å²) in [6, 6.07) is 8.41. The molecule has 0 unspecified atom stereocenters. The van der Waals surface area contributed by atoms with Gasteiger partial charge in [-0.25, -0.2) is 9.97 Å². The zero-order valence-corrected chi connectivity index (χ0v) is 20.9. The second kappa shape index (κ2) is 9.61. The van der Waals surface area contributed by atoms with E-state index in [0.29, 0.717) is 4.58 Å². The third-order valence-corrected chi connectivity index (χ3v) is 10.5. The van der Waals surface area contributed by atoms with Crippen molar-refractivity contribution in [3.63, 3.8) is 0 Å². The molecule has 168 valence electrons. The molecule has 8 heteroatoms. The monoisotopic (exact) mass is 484 g/mol. The van der Waals surface area contributed by atoms with Crippen molar-refractivity contribution in [1.82, 2.24) is 9.97 Å². The van der Waals surface area contributed by atoms with E-state index in [1.165, 1.54) is 39.3 Å². The minimum absolute atomic E-state index is 0.0379. The number of nitrogens with zero attached hydrogens (tertiary/aromatic N) is 3. The molecule has 32 heavy (non-hydrogen) atoms. The molecule has 0 saturated carbocycles. The fourth-order valence-corrected chi connectivity index (χ4v) is 8.31. The smallest absolute Gasteiger partial charge is 0.227 e. The standard InChI is InChI=1S/C24H28N4OS3/c1-15-16(2)32-23-20(15)21(25-14-26-23)28-9-7-17(8-10-28)22(29)27-19-6-3-5-18(13-19)24-30-11-4-12-31-24/h3,5-6,13-14,17,24H,4,7-12H2,1-2H3,(H,27,29). The Bertz CT molecular complexity index is 1120. The van der Waals surface area contributed by atoms with Crippen LogP contribution in [0.15, 0.2) is 30.6 Å². The summed E-state index contributed by atoms with van der Waals surface area (Å²) in [5.41, 5.74) is 3.50. The maximum atomic E-state index is 13.0. The number of thioether (sulfide) groups is 2. The van der Waals surface area contributed by atoms with E-state index in [1.54, 1.807) is 17.7 Å². The number of carbonyl (C=O) groups excluding carboxylic acids is 1. The Hall–Kier alpha value is -1.77. The maximum absolute atomic E-state index is 13.0. The van der Waals surface area contributed by atoms with E-state index in [-0.39, 0.29) is 11.8 Å². The highest BCUT2D eigenvalue weighted by molar-refractivity contribution is 8.16. The lowest BCUT2D eigenvalue weighted by molar-refractivity contribution is -0.120. The highest BCUT2D eigenvalue weighted by Gasteiger charge is 2.27. The third-order valence-electron chi connectivity index (χ3n) is 6.36. The van der Waals surface area contributed by atoms with Gasteiger partial charge in [-0.15, -0.1) is 34.9 Å². The van der Waals surface area contributed by atoms with Crippen molar-refractivity contribution < 1.29 is 4.79 Å². The van der Waals surface area contributed by atoms with E-state index in [2.05, 4.69) is 52.2 Å². The van der Waals surface area contributed by atoms with Gasteiger partial charge in [0.15, 0.2) is 0 Å². The van der Waals surface area contributed by atoms with Crippen molar-refractivity contribution in [2.24, 2.45) is 5.92 Å². The van der Waals surface area contributed by atoms with Gasteiger partial charge in [0.2, 0.25) is 5.91 Å². The number of piperidine rings is 1. The first-order valence-corrected chi connectivity index (χ1v) is 14.1. The molecule has 1 amide bonds. The van der Waals surface area contributed by atoms with E-state index in [9.17, 15) is 4.79 Å². The van der Waals surface area contributed by atoms with E-state index in [1.807, 2.05) is 29.6 Å². The van der Waals surface area contributed by atoms with Gasteiger partial charge in [0.25, 0.3) is 0 Å². The normalized spacial score (nSPS) is 18.2. The number of carbonyl (C=O) groups is 1. The van der Waals surface area contributed by atoms with Gasteiger partial charge in [-0.05, 0) is 67.9 Å². The molecule has 3 aromatic rings. The van der Waals surface area contributed by atoms with Crippen molar-refractivity contribution in [2.45, 2.75) is 37.7 Å². The Labute approximate surface area is 201 Å². The summed E-state index contributed by atoms with van der Waals surface area (Å²) >= 11 is 5.75. The molecular formula is C24H28N4OS3. The Kier molecular flexibility index (Phi) is 6.62. The average Bonchev–Trinajstić information content (AvgIpc) is 3.13. The fraction of sp³-hybridized carbons (Fsp3) is 0.458. The summed E-state index contributed by atoms with van der Waals surface area (Å²) in [4.78, 5) is 26.8. The van der Waals surface area contributed by atoms with Gasteiger partial charge in [-0.3, -0.25) is 4.79 Å². The number of anilines is 2. The first kappa shape index (κ1) is 22.0. The van der Waals surface area contributed by atoms with Crippen LogP contribution in [-0.4, -0.2) is 40.5 Å². The molecule has 2 aliphatic heterocycles. The number of amides is 1. The van der Waals surface area contributed by atoms with Gasteiger partial charge in [0.1, 0.15) is 17.0 Å². The minimum Gasteiger partial charge on any atom is -0.356 e. The molecule has 4 heterocycles. The molecule has 1 aromatic carbocycles. The van der Waals surface area contributed by atoms with Gasteiger partial charge in [-0.2, -0.15) is 0 Å². The van der Waals surface area contributed by atoms with Crippen LogP contribution in [0.5, 0.6) is 0 Å². The van der Waals surface area contributed by atoms with E-state index >= 15 is 0 Å². The van der Waals surface area contributed by atoms with Crippen LogP contribution >= 0.6 is 34.9 Å². The zero-order chi connectivity index (χ0) is 22.1. The van der Waals surface area contributed by atoms with Crippen LogP contribution in [0.1, 0.15) is 39.8 Å². The fourth-order valence-electron chi connectivity index (χ4n) is 4.44. The van der Waals surface area contributed by atoms with Crippen LogP contribution in [-0.2, 0) is 4.79 Å². The second-order valence-corrected chi connectivity index (χ2v) is 12.4. The van der Waals surface area contributed by atoms with Crippen molar-refractivity contribution in [3.8, 4) is 0 Å². The van der Waals surface area contributed by atoms with Crippen LogP contribution in [0, 0.1) is 19.8 Å². The number of fused-ring (bicyclic) bond motifs is 1. The van der Waals surface area contributed by atoms with E-state index < -0.39 is 0 Å². The van der Waals surface area contributed by atoms with E-state index in [0.717, 1.165) is 42.3 Å². The molecule has 2 saturated heterocycles. The van der Waals surface area contributed by atoms with Gasteiger partial charge in [0.05, 0.1) is 9.97 Å². The average molecular weight is 485 g/mol. The highest BCUT2D eigenvalue weighted by Crippen LogP contribution is 2.44. The number of hydrogen-bond donors (Lipinski definition) is 1. The molecule has 2 aromatic heterocycles.